The fraction of sp³-hybridized carbons (Fsp3) is 0.400. The largest absolute Gasteiger partial charge is 0.496 e. The van der Waals surface area contributed by atoms with Gasteiger partial charge in [0.2, 0.25) is 5.91 Å². The van der Waals surface area contributed by atoms with E-state index in [0.29, 0.717) is 23.6 Å². The Morgan fingerprint density at radius 3 is 2.14 bits per heavy atom. The number of methoxy groups -OCH3 is 2. The van der Waals surface area contributed by atoms with Gasteiger partial charge < -0.3 is 19.5 Å². The van der Waals surface area contributed by atoms with Crippen molar-refractivity contribution in [2.45, 2.75) is 20.8 Å². The molecule has 7 heteroatoms. The van der Waals surface area contributed by atoms with E-state index in [2.05, 4.69) is 14.8 Å². The van der Waals surface area contributed by atoms with Crippen molar-refractivity contribution in [1.29, 1.82) is 0 Å². The molecule has 0 atom stereocenters. The Labute approximate surface area is 129 Å². The molecule has 0 aliphatic heterocycles. The fourth-order valence-electron chi connectivity index (χ4n) is 1.45. The summed E-state index contributed by atoms with van der Waals surface area (Å²) in [5, 5.41) is 2.59. The molecule has 0 aliphatic carbocycles. The van der Waals surface area contributed by atoms with Crippen molar-refractivity contribution in [3.8, 4) is 5.75 Å². The number of amides is 1. The Hall–Kier alpha value is -2.57. The van der Waals surface area contributed by atoms with Crippen LogP contribution in [0.1, 0.15) is 31.1 Å². The van der Waals surface area contributed by atoms with Gasteiger partial charge in [-0.3, -0.25) is 9.59 Å². The molecule has 1 aromatic rings. The molecule has 0 fully saturated rings. The van der Waals surface area contributed by atoms with E-state index in [1.165, 1.54) is 34.1 Å². The molecule has 1 rings (SSSR count). The second-order valence-corrected chi connectivity index (χ2v) is 4.01. The lowest BCUT2D eigenvalue weighted by Crippen LogP contribution is -2.08. The summed E-state index contributed by atoms with van der Waals surface area (Å²) in [6.45, 7) is 5.06. The summed E-state index contributed by atoms with van der Waals surface area (Å²) in [5.74, 6) is -0.519. The molecular formula is C15H21NO6. The number of esters is 2. The molecule has 0 radical (unpaired) electrons. The molecule has 0 saturated heterocycles. The number of carbonyl (C=O) groups excluding carboxylic acids is 3. The van der Waals surface area contributed by atoms with Gasteiger partial charge >= 0.3 is 11.9 Å². The van der Waals surface area contributed by atoms with E-state index in [-0.39, 0.29) is 11.9 Å². The van der Waals surface area contributed by atoms with Crippen LogP contribution in [-0.4, -0.2) is 38.7 Å². The van der Waals surface area contributed by atoms with Crippen LogP contribution in [-0.2, 0) is 19.1 Å². The molecule has 122 valence electrons. The quantitative estimate of drug-likeness (QED) is 0.855. The van der Waals surface area contributed by atoms with Crippen LogP contribution in [0, 0.1) is 0 Å². The van der Waals surface area contributed by atoms with Gasteiger partial charge in [0, 0.05) is 25.6 Å². The molecule has 0 spiro atoms. The van der Waals surface area contributed by atoms with Gasteiger partial charge in [-0.15, -0.1) is 0 Å². The Kier molecular flexibility index (Phi) is 9.01. The average molecular weight is 311 g/mol. The van der Waals surface area contributed by atoms with Crippen LogP contribution in [0.5, 0.6) is 5.75 Å². The lowest BCUT2D eigenvalue weighted by atomic mass is 10.2. The van der Waals surface area contributed by atoms with Crippen LogP contribution < -0.4 is 10.1 Å². The maximum Gasteiger partial charge on any atom is 0.341 e. The topological polar surface area (TPSA) is 90.9 Å². The third-order valence-electron chi connectivity index (χ3n) is 2.27. The summed E-state index contributed by atoms with van der Waals surface area (Å²) in [4.78, 5) is 32.0. The third-order valence-corrected chi connectivity index (χ3v) is 2.27. The smallest absolute Gasteiger partial charge is 0.341 e. The number of carbonyl (C=O) groups is 3. The van der Waals surface area contributed by atoms with Gasteiger partial charge in [0.25, 0.3) is 0 Å². The second kappa shape index (κ2) is 10.2. The lowest BCUT2D eigenvalue weighted by Gasteiger charge is -2.09. The van der Waals surface area contributed by atoms with Crippen LogP contribution >= 0.6 is 0 Å². The van der Waals surface area contributed by atoms with Crippen LogP contribution in [0.25, 0.3) is 0 Å². The maximum atomic E-state index is 11.3. The van der Waals surface area contributed by atoms with Crippen molar-refractivity contribution in [3.63, 3.8) is 0 Å². The minimum atomic E-state index is -0.480. The van der Waals surface area contributed by atoms with E-state index in [9.17, 15) is 14.4 Å². The molecule has 0 aliphatic rings. The first-order valence-corrected chi connectivity index (χ1v) is 6.53. The zero-order chi connectivity index (χ0) is 17.1. The summed E-state index contributed by atoms with van der Waals surface area (Å²) < 4.78 is 14.0. The number of anilines is 1. The Morgan fingerprint density at radius 1 is 1.14 bits per heavy atom. The monoisotopic (exact) mass is 311 g/mol. The predicted octanol–water partition coefficient (Wildman–Crippen LogP) is 2.01. The summed E-state index contributed by atoms with van der Waals surface area (Å²) in [6.07, 6.45) is 0. The normalized spacial score (nSPS) is 8.95. The van der Waals surface area contributed by atoms with E-state index in [0.717, 1.165) is 0 Å². The first-order chi connectivity index (χ1) is 10.3. The summed E-state index contributed by atoms with van der Waals surface area (Å²) in [6, 6.07) is 4.71. The van der Waals surface area contributed by atoms with Gasteiger partial charge in [0.1, 0.15) is 11.3 Å². The molecule has 0 saturated carbocycles. The van der Waals surface area contributed by atoms with Crippen LogP contribution in [0.15, 0.2) is 18.2 Å². The first kappa shape index (κ1) is 19.4. The molecule has 1 N–H and O–H groups in total. The standard InChI is InChI=1S/C11H13NO4.C4H8O2/c1-7(13)12-8-4-5-9(11(14)16-3)10(6-8)15-2;1-3-6-4(2)5/h4-6H,1-3H3,(H,12,13);3H2,1-2H3. The van der Waals surface area contributed by atoms with Gasteiger partial charge in [-0.05, 0) is 19.1 Å². The average Bonchev–Trinajstić information content (AvgIpc) is 2.46. The van der Waals surface area contributed by atoms with E-state index < -0.39 is 5.97 Å². The van der Waals surface area contributed by atoms with Crippen molar-refractivity contribution in [3.05, 3.63) is 23.8 Å². The molecule has 0 heterocycles. The highest BCUT2D eigenvalue weighted by molar-refractivity contribution is 5.94. The Morgan fingerprint density at radius 2 is 1.77 bits per heavy atom. The number of hydrogen-bond donors (Lipinski definition) is 1. The molecular weight excluding hydrogens is 290 g/mol. The zero-order valence-electron chi connectivity index (χ0n) is 13.4. The zero-order valence-corrected chi connectivity index (χ0v) is 13.4. The number of hydrogen-bond acceptors (Lipinski definition) is 6. The van der Waals surface area contributed by atoms with Crippen molar-refractivity contribution < 1.29 is 28.6 Å². The highest BCUT2D eigenvalue weighted by Crippen LogP contribution is 2.23. The fourth-order valence-corrected chi connectivity index (χ4v) is 1.45. The van der Waals surface area contributed by atoms with Crippen LogP contribution in [0.2, 0.25) is 0 Å². The van der Waals surface area contributed by atoms with E-state index in [4.69, 9.17) is 4.74 Å². The highest BCUT2D eigenvalue weighted by atomic mass is 16.5. The van der Waals surface area contributed by atoms with E-state index in [1.54, 1.807) is 19.1 Å². The predicted molar refractivity (Wildman–Crippen MR) is 80.9 cm³/mol. The Balaban J connectivity index is 0.000000626. The van der Waals surface area contributed by atoms with Gasteiger partial charge in [-0.1, -0.05) is 0 Å². The number of benzene rings is 1. The lowest BCUT2D eigenvalue weighted by molar-refractivity contribution is -0.140. The minimum absolute atomic E-state index is 0.187. The molecule has 1 aromatic carbocycles. The molecule has 7 nitrogen and oxygen atoms in total. The van der Waals surface area contributed by atoms with Crippen LogP contribution in [0.4, 0.5) is 5.69 Å². The first-order valence-electron chi connectivity index (χ1n) is 6.53. The molecule has 1 amide bonds. The Bertz CT molecular complexity index is 527. The van der Waals surface area contributed by atoms with E-state index in [1.807, 2.05) is 0 Å². The third kappa shape index (κ3) is 7.28. The van der Waals surface area contributed by atoms with Gasteiger partial charge in [-0.2, -0.15) is 0 Å². The van der Waals surface area contributed by atoms with Crippen LogP contribution in [0.3, 0.4) is 0 Å². The van der Waals surface area contributed by atoms with Gasteiger partial charge in [0.05, 0.1) is 20.8 Å². The molecule has 0 unspecified atom stereocenters. The van der Waals surface area contributed by atoms with Crippen molar-refractivity contribution in [1.82, 2.24) is 0 Å². The number of ether oxygens (including phenoxy) is 3. The van der Waals surface area contributed by atoms with Crippen molar-refractivity contribution in [2.24, 2.45) is 0 Å². The maximum absolute atomic E-state index is 11.3. The van der Waals surface area contributed by atoms with E-state index >= 15 is 0 Å². The second-order valence-electron chi connectivity index (χ2n) is 4.01. The van der Waals surface area contributed by atoms with Gasteiger partial charge in [0.15, 0.2) is 0 Å². The summed E-state index contributed by atoms with van der Waals surface area (Å²) >= 11 is 0. The summed E-state index contributed by atoms with van der Waals surface area (Å²) in [5.41, 5.74) is 0.885. The highest BCUT2D eigenvalue weighted by Gasteiger charge is 2.13. The number of rotatable bonds is 4. The minimum Gasteiger partial charge on any atom is -0.496 e. The molecule has 0 bridgehead atoms. The van der Waals surface area contributed by atoms with Gasteiger partial charge in [-0.25, -0.2) is 4.79 Å². The number of nitrogens with one attached hydrogen (secondary N) is 1. The van der Waals surface area contributed by atoms with Crippen molar-refractivity contribution >= 4 is 23.5 Å². The van der Waals surface area contributed by atoms with Crippen molar-refractivity contribution in [2.75, 3.05) is 26.1 Å². The summed E-state index contributed by atoms with van der Waals surface area (Å²) in [7, 11) is 2.74. The molecule has 22 heavy (non-hydrogen) atoms. The molecule has 0 aromatic heterocycles. The SMILES string of the molecule is CCOC(C)=O.COC(=O)c1ccc(NC(C)=O)cc1OC.